The van der Waals surface area contributed by atoms with E-state index < -0.39 is 18.6 Å². The third kappa shape index (κ3) is 4.13. The Morgan fingerprint density at radius 1 is 1.33 bits per heavy atom. The summed E-state index contributed by atoms with van der Waals surface area (Å²) >= 11 is 12.0. The Morgan fingerprint density at radius 2 is 1.92 bits per heavy atom. The van der Waals surface area contributed by atoms with Gasteiger partial charge in [-0.05, 0) is 31.9 Å². The van der Waals surface area contributed by atoms with E-state index in [9.17, 15) is 15.0 Å². The summed E-state index contributed by atoms with van der Waals surface area (Å²) in [5.74, 6) is -0.180. The highest BCUT2D eigenvalue weighted by molar-refractivity contribution is 6.42. The predicted octanol–water partition coefficient (Wildman–Crippen LogP) is 1.55. The fraction of sp³-hybridized carbons (Fsp3) is 0.562. The molecule has 0 radical (unpaired) electrons. The summed E-state index contributed by atoms with van der Waals surface area (Å²) < 4.78 is 0. The second kappa shape index (κ2) is 8.36. The van der Waals surface area contributed by atoms with Gasteiger partial charge in [0.25, 0.3) is 5.91 Å². The average Bonchev–Trinajstić information content (AvgIpc) is 2.59. The van der Waals surface area contributed by atoms with Gasteiger partial charge in [0.05, 0.1) is 16.7 Å². The van der Waals surface area contributed by atoms with Gasteiger partial charge < -0.3 is 25.5 Å². The Hall–Kier alpha value is -1.05. The zero-order valence-electron chi connectivity index (χ0n) is 13.4. The van der Waals surface area contributed by atoms with E-state index in [0.29, 0.717) is 41.5 Å². The van der Waals surface area contributed by atoms with E-state index in [1.807, 2.05) is 0 Å². The molecule has 8 heteroatoms. The van der Waals surface area contributed by atoms with Crippen LogP contribution >= 0.6 is 23.2 Å². The van der Waals surface area contributed by atoms with E-state index in [2.05, 4.69) is 5.32 Å². The van der Waals surface area contributed by atoms with E-state index in [4.69, 9.17) is 28.3 Å². The van der Waals surface area contributed by atoms with Crippen LogP contribution in [0.2, 0.25) is 10.0 Å². The second-order valence-electron chi connectivity index (χ2n) is 5.95. The molecule has 24 heavy (non-hydrogen) atoms. The fourth-order valence-electron chi connectivity index (χ4n) is 3.19. The lowest BCUT2D eigenvalue weighted by molar-refractivity contribution is -0.143. The number of benzene rings is 1. The first-order valence-corrected chi connectivity index (χ1v) is 8.57. The average molecular weight is 377 g/mol. The molecule has 0 aromatic heterocycles. The van der Waals surface area contributed by atoms with Crippen LogP contribution in [0.3, 0.4) is 0 Å². The first-order chi connectivity index (χ1) is 11.4. The quantitative estimate of drug-likeness (QED) is 0.625. The fourth-order valence-corrected chi connectivity index (χ4v) is 3.52. The standard InChI is InChI=1S/C16H22Cl2N2O4/c1-19-15(10-6-11(17)12(18)7-13(10)22)9-2-4-20(5-3-9)16(24)14(23)8-21/h6-7,9,14-15,19,21-23H,2-5,8H2,1H3/t14-,15+/m1/s1. The van der Waals surface area contributed by atoms with Crippen LogP contribution in [0.1, 0.15) is 24.4 Å². The molecule has 2 atom stereocenters. The lowest BCUT2D eigenvalue weighted by atomic mass is 9.85. The zero-order valence-corrected chi connectivity index (χ0v) is 14.9. The van der Waals surface area contributed by atoms with Gasteiger partial charge in [-0.15, -0.1) is 0 Å². The summed E-state index contributed by atoms with van der Waals surface area (Å²) in [6.07, 6.45) is 0.0465. The van der Waals surface area contributed by atoms with Crippen molar-refractivity contribution in [2.45, 2.75) is 25.0 Å². The van der Waals surface area contributed by atoms with Crippen LogP contribution in [-0.4, -0.2) is 59.0 Å². The van der Waals surface area contributed by atoms with Gasteiger partial charge in [-0.3, -0.25) is 4.79 Å². The largest absolute Gasteiger partial charge is 0.508 e. The highest BCUT2D eigenvalue weighted by Crippen LogP contribution is 2.38. The van der Waals surface area contributed by atoms with Crippen molar-refractivity contribution >= 4 is 29.1 Å². The monoisotopic (exact) mass is 376 g/mol. The van der Waals surface area contributed by atoms with E-state index >= 15 is 0 Å². The van der Waals surface area contributed by atoms with Crippen LogP contribution in [0.5, 0.6) is 5.75 Å². The number of carbonyl (C=O) groups excluding carboxylic acids is 1. The molecule has 1 aliphatic rings. The molecule has 1 aromatic rings. The number of hydrogen-bond donors (Lipinski definition) is 4. The summed E-state index contributed by atoms with van der Waals surface area (Å²) in [6.45, 7) is 0.400. The van der Waals surface area contributed by atoms with Gasteiger partial charge in [-0.2, -0.15) is 0 Å². The lowest BCUT2D eigenvalue weighted by Gasteiger charge is -2.37. The molecular formula is C16H22Cl2N2O4. The van der Waals surface area contributed by atoms with E-state index in [-0.39, 0.29) is 17.7 Å². The molecule has 1 heterocycles. The number of rotatable bonds is 5. The van der Waals surface area contributed by atoms with Crippen LogP contribution in [0, 0.1) is 5.92 Å². The SMILES string of the molecule is CN[C@H](c1cc(Cl)c(Cl)cc1O)C1CCN(C(=O)[C@H](O)CO)CC1. The van der Waals surface area contributed by atoms with Gasteiger partial charge in [0.2, 0.25) is 0 Å². The van der Waals surface area contributed by atoms with Gasteiger partial charge in [-0.1, -0.05) is 23.2 Å². The molecule has 0 aliphatic carbocycles. The number of carbonyl (C=O) groups is 1. The number of amides is 1. The molecule has 4 N–H and O–H groups in total. The summed E-state index contributed by atoms with van der Waals surface area (Å²) in [5, 5.41) is 32.4. The Labute approximate surface area is 151 Å². The maximum Gasteiger partial charge on any atom is 0.253 e. The molecule has 1 amide bonds. The van der Waals surface area contributed by atoms with Crippen molar-refractivity contribution in [3.8, 4) is 5.75 Å². The van der Waals surface area contributed by atoms with Crippen molar-refractivity contribution in [3.63, 3.8) is 0 Å². The molecule has 6 nitrogen and oxygen atoms in total. The minimum absolute atomic E-state index is 0.0814. The van der Waals surface area contributed by atoms with E-state index in [1.165, 1.54) is 6.07 Å². The first-order valence-electron chi connectivity index (χ1n) is 7.81. The molecule has 1 fully saturated rings. The van der Waals surface area contributed by atoms with E-state index in [1.54, 1.807) is 18.0 Å². The summed E-state index contributed by atoms with van der Waals surface area (Å²) in [5.41, 5.74) is 0.673. The first kappa shape index (κ1) is 19.3. The third-order valence-corrected chi connectivity index (χ3v) is 5.22. The number of phenolic OH excluding ortho intramolecular Hbond substituents is 1. The lowest BCUT2D eigenvalue weighted by Crippen LogP contribution is -2.46. The van der Waals surface area contributed by atoms with Gasteiger partial charge in [0, 0.05) is 30.8 Å². The minimum atomic E-state index is -1.36. The maximum absolute atomic E-state index is 11.9. The molecule has 1 saturated heterocycles. The number of hydrogen-bond acceptors (Lipinski definition) is 5. The normalized spacial score (nSPS) is 18.5. The molecular weight excluding hydrogens is 355 g/mol. The molecule has 1 aliphatic heterocycles. The Kier molecular flexibility index (Phi) is 6.71. The summed E-state index contributed by atoms with van der Waals surface area (Å²) in [7, 11) is 1.81. The molecule has 0 bridgehead atoms. The van der Waals surface area contributed by atoms with Crippen LogP contribution in [0.15, 0.2) is 12.1 Å². The number of likely N-dealkylation sites (tertiary alicyclic amines) is 1. The van der Waals surface area contributed by atoms with Crippen LogP contribution in [0.25, 0.3) is 0 Å². The Bertz CT molecular complexity index is 592. The number of nitrogens with one attached hydrogen (secondary N) is 1. The summed E-state index contributed by atoms with van der Waals surface area (Å²) in [4.78, 5) is 13.5. The van der Waals surface area contributed by atoms with Crippen LogP contribution in [-0.2, 0) is 4.79 Å². The Balaban J connectivity index is 2.09. The van der Waals surface area contributed by atoms with Crippen molar-refractivity contribution in [1.29, 1.82) is 0 Å². The van der Waals surface area contributed by atoms with Crippen molar-refractivity contribution in [2.24, 2.45) is 5.92 Å². The minimum Gasteiger partial charge on any atom is -0.508 e. The van der Waals surface area contributed by atoms with Crippen LogP contribution < -0.4 is 5.32 Å². The molecule has 0 saturated carbocycles. The molecule has 2 rings (SSSR count). The van der Waals surface area contributed by atoms with Crippen molar-refractivity contribution < 1.29 is 20.1 Å². The van der Waals surface area contributed by atoms with Gasteiger partial charge in [0.15, 0.2) is 6.10 Å². The number of piperidine rings is 1. The molecule has 0 unspecified atom stereocenters. The number of aliphatic hydroxyl groups is 2. The summed E-state index contributed by atoms with van der Waals surface area (Å²) in [6, 6.07) is 2.97. The zero-order chi connectivity index (χ0) is 17.9. The Morgan fingerprint density at radius 3 is 2.46 bits per heavy atom. The smallest absolute Gasteiger partial charge is 0.253 e. The number of halogens is 2. The second-order valence-corrected chi connectivity index (χ2v) is 6.77. The number of phenols is 1. The van der Waals surface area contributed by atoms with Gasteiger partial charge in [0.1, 0.15) is 5.75 Å². The highest BCUT2D eigenvalue weighted by Gasteiger charge is 2.32. The topological polar surface area (TPSA) is 93.0 Å². The predicted molar refractivity (Wildman–Crippen MR) is 92.3 cm³/mol. The van der Waals surface area contributed by atoms with E-state index in [0.717, 1.165) is 0 Å². The van der Waals surface area contributed by atoms with Crippen molar-refractivity contribution in [2.75, 3.05) is 26.7 Å². The molecule has 1 aromatic carbocycles. The maximum atomic E-state index is 11.9. The highest BCUT2D eigenvalue weighted by atomic mass is 35.5. The van der Waals surface area contributed by atoms with Crippen molar-refractivity contribution in [3.05, 3.63) is 27.7 Å². The van der Waals surface area contributed by atoms with Crippen molar-refractivity contribution in [1.82, 2.24) is 10.2 Å². The number of nitrogens with zero attached hydrogens (tertiary/aromatic N) is 1. The van der Waals surface area contributed by atoms with Gasteiger partial charge in [-0.25, -0.2) is 0 Å². The van der Waals surface area contributed by atoms with Crippen LogP contribution in [0.4, 0.5) is 0 Å². The van der Waals surface area contributed by atoms with Gasteiger partial charge >= 0.3 is 0 Å². The number of aliphatic hydroxyl groups excluding tert-OH is 2. The molecule has 134 valence electrons. The number of aromatic hydroxyl groups is 1. The third-order valence-electron chi connectivity index (χ3n) is 4.50. The molecule has 0 spiro atoms.